The molecule has 0 spiro atoms. The molecule has 0 amide bonds. The van der Waals surface area contributed by atoms with Crippen molar-refractivity contribution in [2.75, 3.05) is 20.1 Å². The van der Waals surface area contributed by atoms with Crippen molar-refractivity contribution in [2.45, 2.75) is 12.3 Å². The predicted octanol–water partition coefficient (Wildman–Crippen LogP) is 2.53. The first-order chi connectivity index (χ1) is 8.26. The van der Waals surface area contributed by atoms with Crippen molar-refractivity contribution in [1.82, 2.24) is 9.88 Å². The fourth-order valence-corrected chi connectivity index (χ4v) is 3.27. The summed E-state index contributed by atoms with van der Waals surface area (Å²) in [6, 6.07) is 6.09. The minimum absolute atomic E-state index is 0.547. The van der Waals surface area contributed by atoms with Gasteiger partial charge in [-0.1, -0.05) is 6.07 Å². The average Bonchev–Trinajstić information content (AvgIpc) is 2.93. The van der Waals surface area contributed by atoms with Crippen LogP contribution in [0.25, 0.3) is 10.2 Å². The van der Waals surface area contributed by atoms with Crippen LogP contribution < -0.4 is 0 Å². The van der Waals surface area contributed by atoms with Crippen molar-refractivity contribution in [2.24, 2.45) is 0 Å². The number of thiophene rings is 1. The molecule has 0 aromatic carbocycles. The van der Waals surface area contributed by atoms with Crippen LogP contribution in [0.2, 0.25) is 0 Å². The van der Waals surface area contributed by atoms with Gasteiger partial charge in [-0.15, -0.1) is 11.3 Å². The van der Waals surface area contributed by atoms with Crippen LogP contribution >= 0.6 is 11.3 Å². The Morgan fingerprint density at radius 3 is 3.12 bits per heavy atom. The summed E-state index contributed by atoms with van der Waals surface area (Å²) >= 11 is 1.48. The number of rotatable bonds is 2. The Hall–Kier alpha value is -1.26. The third kappa shape index (κ3) is 1.98. The Morgan fingerprint density at radius 2 is 2.41 bits per heavy atom. The molecule has 3 rings (SSSR count). The van der Waals surface area contributed by atoms with E-state index in [1.807, 2.05) is 6.07 Å². The van der Waals surface area contributed by atoms with Gasteiger partial charge in [0.05, 0.1) is 4.88 Å². The van der Waals surface area contributed by atoms with Gasteiger partial charge in [-0.3, -0.25) is 4.79 Å². The molecular formula is C13H14N2OS. The number of aldehydes is 1. The monoisotopic (exact) mass is 246 g/mol. The molecule has 3 heterocycles. The number of carbonyl (C=O) groups excluding carboxylic acids is 1. The van der Waals surface area contributed by atoms with Crippen LogP contribution in [-0.2, 0) is 0 Å². The van der Waals surface area contributed by atoms with Gasteiger partial charge in [0.1, 0.15) is 4.83 Å². The molecule has 2 aromatic rings. The van der Waals surface area contributed by atoms with E-state index in [-0.39, 0.29) is 0 Å². The number of nitrogens with zero attached hydrogens (tertiary/aromatic N) is 2. The second kappa shape index (κ2) is 4.20. The molecule has 0 saturated carbocycles. The van der Waals surface area contributed by atoms with Gasteiger partial charge < -0.3 is 4.90 Å². The maximum atomic E-state index is 10.7. The van der Waals surface area contributed by atoms with Crippen LogP contribution in [0.3, 0.4) is 0 Å². The van der Waals surface area contributed by atoms with Gasteiger partial charge in [-0.2, -0.15) is 0 Å². The van der Waals surface area contributed by atoms with E-state index in [0.717, 1.165) is 34.5 Å². The molecule has 1 aliphatic heterocycles. The number of likely N-dealkylation sites (N-methyl/N-ethyl adjacent to an activating group) is 1. The third-order valence-electron chi connectivity index (χ3n) is 3.35. The molecule has 1 atom stereocenters. The summed E-state index contributed by atoms with van der Waals surface area (Å²) in [6.07, 6.45) is 2.08. The summed E-state index contributed by atoms with van der Waals surface area (Å²) < 4.78 is 0. The topological polar surface area (TPSA) is 33.2 Å². The quantitative estimate of drug-likeness (QED) is 0.763. The Bertz CT molecular complexity index is 564. The molecule has 4 heteroatoms. The summed E-state index contributed by atoms with van der Waals surface area (Å²) in [4.78, 5) is 19.5. The minimum Gasteiger partial charge on any atom is -0.306 e. The summed E-state index contributed by atoms with van der Waals surface area (Å²) in [6.45, 7) is 2.23. The van der Waals surface area contributed by atoms with Gasteiger partial charge in [-0.05, 0) is 32.1 Å². The molecule has 17 heavy (non-hydrogen) atoms. The van der Waals surface area contributed by atoms with Crippen LogP contribution in [0.1, 0.15) is 27.7 Å². The van der Waals surface area contributed by atoms with Crippen molar-refractivity contribution in [3.8, 4) is 0 Å². The van der Waals surface area contributed by atoms with Crippen LogP contribution in [0, 0.1) is 0 Å². The molecule has 0 aliphatic carbocycles. The van der Waals surface area contributed by atoms with Crippen LogP contribution in [0.15, 0.2) is 18.2 Å². The highest BCUT2D eigenvalue weighted by molar-refractivity contribution is 7.20. The van der Waals surface area contributed by atoms with Crippen LogP contribution in [0.4, 0.5) is 0 Å². The van der Waals surface area contributed by atoms with E-state index in [1.54, 1.807) is 0 Å². The summed E-state index contributed by atoms with van der Waals surface area (Å²) in [5.41, 5.74) is 1.17. The van der Waals surface area contributed by atoms with Crippen molar-refractivity contribution in [1.29, 1.82) is 0 Å². The van der Waals surface area contributed by atoms with Gasteiger partial charge in [0.2, 0.25) is 0 Å². The number of hydrogen-bond donors (Lipinski definition) is 0. The standard InChI is InChI=1S/C13H14N2OS/c1-15-5-4-10(7-15)12-3-2-9-6-11(8-16)17-13(9)14-12/h2-3,6,8,10H,4-5,7H2,1H3. The number of hydrogen-bond acceptors (Lipinski definition) is 4. The first-order valence-corrected chi connectivity index (χ1v) is 6.62. The Labute approximate surface area is 104 Å². The van der Waals surface area contributed by atoms with E-state index in [1.165, 1.54) is 23.5 Å². The molecular weight excluding hydrogens is 232 g/mol. The number of likely N-dealkylation sites (tertiary alicyclic amines) is 1. The lowest BCUT2D eigenvalue weighted by molar-refractivity contribution is 0.112. The molecule has 1 aliphatic rings. The highest BCUT2D eigenvalue weighted by Crippen LogP contribution is 2.29. The summed E-state index contributed by atoms with van der Waals surface area (Å²) in [7, 11) is 2.15. The first-order valence-electron chi connectivity index (χ1n) is 5.80. The lowest BCUT2D eigenvalue weighted by Gasteiger charge is -2.09. The average molecular weight is 246 g/mol. The highest BCUT2D eigenvalue weighted by atomic mass is 32.1. The molecule has 1 unspecified atom stereocenters. The summed E-state index contributed by atoms with van der Waals surface area (Å²) in [5, 5.41) is 1.08. The lowest BCUT2D eigenvalue weighted by Crippen LogP contribution is -2.13. The molecule has 1 fully saturated rings. The SMILES string of the molecule is CN1CCC(c2ccc3cc(C=O)sc3n2)C1. The van der Waals surface area contributed by atoms with Crippen molar-refractivity contribution < 1.29 is 4.79 Å². The summed E-state index contributed by atoms with van der Waals surface area (Å²) in [5.74, 6) is 0.547. The van der Waals surface area contributed by atoms with Crippen molar-refractivity contribution in [3.63, 3.8) is 0 Å². The molecule has 3 nitrogen and oxygen atoms in total. The Morgan fingerprint density at radius 1 is 1.53 bits per heavy atom. The lowest BCUT2D eigenvalue weighted by atomic mass is 10.0. The molecule has 0 bridgehead atoms. The molecule has 2 aromatic heterocycles. The fraction of sp³-hybridized carbons (Fsp3) is 0.385. The molecule has 0 N–H and O–H groups in total. The molecule has 1 saturated heterocycles. The predicted molar refractivity (Wildman–Crippen MR) is 69.9 cm³/mol. The number of fused-ring (bicyclic) bond motifs is 1. The van der Waals surface area contributed by atoms with E-state index in [9.17, 15) is 4.79 Å². The normalized spacial score (nSPS) is 21.1. The zero-order chi connectivity index (χ0) is 11.8. The van der Waals surface area contributed by atoms with Gasteiger partial charge in [0, 0.05) is 23.5 Å². The fourth-order valence-electron chi connectivity index (χ4n) is 2.41. The van der Waals surface area contributed by atoms with Crippen molar-refractivity contribution in [3.05, 3.63) is 28.8 Å². The second-order valence-corrected chi connectivity index (χ2v) is 5.71. The molecule has 88 valence electrons. The maximum Gasteiger partial charge on any atom is 0.160 e. The van der Waals surface area contributed by atoms with Gasteiger partial charge >= 0.3 is 0 Å². The number of pyridine rings is 1. The van der Waals surface area contributed by atoms with E-state index < -0.39 is 0 Å². The van der Waals surface area contributed by atoms with E-state index in [0.29, 0.717) is 5.92 Å². The number of aromatic nitrogens is 1. The van der Waals surface area contributed by atoms with E-state index >= 15 is 0 Å². The molecule has 0 radical (unpaired) electrons. The number of carbonyl (C=O) groups is 1. The van der Waals surface area contributed by atoms with Gasteiger partial charge in [0.25, 0.3) is 0 Å². The third-order valence-corrected chi connectivity index (χ3v) is 4.32. The maximum absolute atomic E-state index is 10.7. The van der Waals surface area contributed by atoms with E-state index in [2.05, 4.69) is 24.1 Å². The van der Waals surface area contributed by atoms with Gasteiger partial charge in [-0.25, -0.2) is 4.98 Å². The van der Waals surface area contributed by atoms with Gasteiger partial charge in [0.15, 0.2) is 6.29 Å². The second-order valence-electron chi connectivity index (χ2n) is 4.64. The first kappa shape index (κ1) is 10.9. The Kier molecular flexibility index (Phi) is 2.68. The van der Waals surface area contributed by atoms with Crippen molar-refractivity contribution >= 4 is 27.8 Å². The van der Waals surface area contributed by atoms with Crippen LogP contribution in [-0.4, -0.2) is 36.3 Å². The van der Waals surface area contributed by atoms with Crippen LogP contribution in [0.5, 0.6) is 0 Å². The zero-order valence-electron chi connectivity index (χ0n) is 9.72. The Balaban J connectivity index is 1.98. The smallest absolute Gasteiger partial charge is 0.160 e. The zero-order valence-corrected chi connectivity index (χ0v) is 10.5. The minimum atomic E-state index is 0.547. The highest BCUT2D eigenvalue weighted by Gasteiger charge is 2.22. The largest absolute Gasteiger partial charge is 0.306 e. The van der Waals surface area contributed by atoms with E-state index in [4.69, 9.17) is 4.98 Å².